The molecule has 7 heteroatoms. The number of nitrogens with one attached hydrogen (secondary N) is 1. The number of rotatable bonds is 3. The van der Waals surface area contributed by atoms with Crippen LogP contribution in [0.25, 0.3) is 0 Å². The minimum Gasteiger partial charge on any atom is -0.307 e. The lowest BCUT2D eigenvalue weighted by molar-refractivity contribution is -0.116. The number of hydrogen-bond donors (Lipinski definition) is 1. The van der Waals surface area contributed by atoms with E-state index in [1.807, 2.05) is 13.8 Å². The third-order valence-electron chi connectivity index (χ3n) is 1.78. The van der Waals surface area contributed by atoms with Gasteiger partial charge in [0.25, 0.3) is 0 Å². The van der Waals surface area contributed by atoms with Crippen molar-refractivity contribution in [2.24, 2.45) is 5.92 Å². The third kappa shape index (κ3) is 3.78. The highest BCUT2D eigenvalue weighted by molar-refractivity contribution is 9.11. The molecule has 1 atom stereocenters. The van der Waals surface area contributed by atoms with Crippen LogP contribution in [0.1, 0.15) is 13.8 Å². The molecule has 0 saturated carbocycles. The van der Waals surface area contributed by atoms with E-state index in [1.54, 1.807) is 0 Å². The van der Waals surface area contributed by atoms with Crippen molar-refractivity contribution in [1.29, 1.82) is 0 Å². The monoisotopic (exact) mass is 413 g/mol. The molecule has 0 aliphatic rings. The Balaban J connectivity index is 2.77. The number of alkyl halides is 1. The number of nitrogens with zero attached hydrogens (tertiary/aromatic N) is 2. The lowest BCUT2D eigenvalue weighted by Gasteiger charge is -2.13. The number of amides is 1. The average Bonchev–Trinajstić information content (AvgIpc) is 2.20. The highest BCUT2D eigenvalue weighted by atomic mass is 79.9. The van der Waals surface area contributed by atoms with Crippen molar-refractivity contribution in [2.45, 2.75) is 18.7 Å². The predicted molar refractivity (Wildman–Crippen MR) is 73.6 cm³/mol. The molecular weight excluding hydrogens is 406 g/mol. The van der Waals surface area contributed by atoms with E-state index < -0.39 is 0 Å². The first kappa shape index (κ1) is 14.1. The van der Waals surface area contributed by atoms with Crippen LogP contribution in [0.5, 0.6) is 0 Å². The van der Waals surface area contributed by atoms with Gasteiger partial charge < -0.3 is 5.32 Å². The summed E-state index contributed by atoms with van der Waals surface area (Å²) in [6.07, 6.45) is 1.53. The first-order chi connectivity index (χ1) is 7.41. The fraction of sp³-hybridized carbons (Fsp3) is 0.444. The molecule has 1 aromatic heterocycles. The zero-order chi connectivity index (χ0) is 12.3. The van der Waals surface area contributed by atoms with Gasteiger partial charge >= 0.3 is 0 Å². The molecule has 4 nitrogen and oxygen atoms in total. The summed E-state index contributed by atoms with van der Waals surface area (Å²) in [5.74, 6) is 0.493. The highest BCUT2D eigenvalue weighted by Gasteiger charge is 2.20. The topological polar surface area (TPSA) is 54.9 Å². The lowest BCUT2D eigenvalue weighted by atomic mass is 10.1. The Bertz CT molecular complexity index is 398. The molecule has 88 valence electrons. The molecule has 1 rings (SSSR count). The van der Waals surface area contributed by atoms with Crippen LogP contribution in [0.2, 0.25) is 0 Å². The molecule has 0 aliphatic carbocycles. The maximum atomic E-state index is 11.7. The second-order valence-electron chi connectivity index (χ2n) is 3.47. The largest absolute Gasteiger partial charge is 0.307 e. The molecule has 1 unspecified atom stereocenters. The molecular formula is C9H10Br3N3O. The van der Waals surface area contributed by atoms with Gasteiger partial charge in [0.2, 0.25) is 5.91 Å². The molecule has 0 aliphatic heterocycles. The Hall–Kier alpha value is -0.0100. The molecule has 1 aromatic rings. The Morgan fingerprint density at radius 1 is 1.44 bits per heavy atom. The summed E-state index contributed by atoms with van der Waals surface area (Å²) in [5, 5.41) is 2.69. The Morgan fingerprint density at radius 2 is 2.06 bits per heavy atom. The molecule has 0 saturated heterocycles. The molecule has 0 bridgehead atoms. The fourth-order valence-electron chi connectivity index (χ4n) is 0.919. The van der Waals surface area contributed by atoms with Crippen molar-refractivity contribution in [1.82, 2.24) is 9.97 Å². The SMILES string of the molecule is CC(C)C(Br)C(=O)Nc1ncc(Br)nc1Br. The summed E-state index contributed by atoms with van der Waals surface area (Å²) in [6, 6.07) is 0. The van der Waals surface area contributed by atoms with E-state index in [4.69, 9.17) is 0 Å². The van der Waals surface area contributed by atoms with E-state index in [0.717, 1.165) is 0 Å². The van der Waals surface area contributed by atoms with E-state index in [0.29, 0.717) is 15.0 Å². The van der Waals surface area contributed by atoms with Crippen LogP contribution in [0.15, 0.2) is 15.4 Å². The first-order valence-corrected chi connectivity index (χ1v) is 7.05. The van der Waals surface area contributed by atoms with Crippen molar-refractivity contribution in [2.75, 3.05) is 5.32 Å². The molecule has 1 amide bonds. The van der Waals surface area contributed by atoms with Gasteiger partial charge in [0.05, 0.1) is 11.0 Å². The van der Waals surface area contributed by atoms with Crippen molar-refractivity contribution in [3.8, 4) is 0 Å². The maximum Gasteiger partial charge on any atom is 0.239 e. The van der Waals surface area contributed by atoms with E-state index in [-0.39, 0.29) is 16.7 Å². The van der Waals surface area contributed by atoms with Crippen LogP contribution in [0, 0.1) is 5.92 Å². The molecule has 1 N–H and O–H groups in total. The van der Waals surface area contributed by atoms with E-state index >= 15 is 0 Å². The van der Waals surface area contributed by atoms with Gasteiger partial charge in [0.15, 0.2) is 5.82 Å². The van der Waals surface area contributed by atoms with Gasteiger partial charge in [-0.05, 0) is 37.8 Å². The van der Waals surface area contributed by atoms with Gasteiger partial charge in [0.1, 0.15) is 9.21 Å². The second-order valence-corrected chi connectivity index (χ2v) is 6.02. The maximum absolute atomic E-state index is 11.7. The van der Waals surface area contributed by atoms with Gasteiger partial charge in [0, 0.05) is 0 Å². The zero-order valence-corrected chi connectivity index (χ0v) is 13.4. The Morgan fingerprint density at radius 3 is 2.56 bits per heavy atom. The van der Waals surface area contributed by atoms with Crippen LogP contribution >= 0.6 is 47.8 Å². The van der Waals surface area contributed by atoms with Crippen LogP contribution in [-0.2, 0) is 4.79 Å². The summed E-state index contributed by atoms with van der Waals surface area (Å²) in [4.78, 5) is 19.6. The number of halogens is 3. The smallest absolute Gasteiger partial charge is 0.239 e. The summed E-state index contributed by atoms with van der Waals surface area (Å²) < 4.78 is 1.11. The van der Waals surface area contributed by atoms with Gasteiger partial charge in [-0.25, -0.2) is 9.97 Å². The van der Waals surface area contributed by atoms with Gasteiger partial charge in [-0.3, -0.25) is 4.79 Å². The number of aromatic nitrogens is 2. The fourth-order valence-corrected chi connectivity index (χ4v) is 1.94. The minimum absolute atomic E-state index is 0.132. The molecule has 16 heavy (non-hydrogen) atoms. The standard InChI is InChI=1S/C9H10Br3N3O/c1-4(2)6(11)9(16)15-8-7(12)14-5(10)3-13-8/h3-4,6H,1-2H3,(H,13,15,16). The van der Waals surface area contributed by atoms with Crippen LogP contribution in [0.4, 0.5) is 5.82 Å². The van der Waals surface area contributed by atoms with Crippen molar-refractivity contribution < 1.29 is 4.79 Å². The number of carbonyl (C=O) groups is 1. The summed E-state index contributed by atoms with van der Waals surface area (Å²) in [6.45, 7) is 3.92. The van der Waals surface area contributed by atoms with E-state index in [2.05, 4.69) is 63.1 Å². The molecule has 0 fully saturated rings. The summed E-state index contributed by atoms with van der Waals surface area (Å²) >= 11 is 9.74. The lowest BCUT2D eigenvalue weighted by Crippen LogP contribution is -2.27. The normalized spacial score (nSPS) is 12.6. The minimum atomic E-state index is -0.246. The van der Waals surface area contributed by atoms with Crippen LogP contribution < -0.4 is 5.32 Å². The van der Waals surface area contributed by atoms with E-state index in [9.17, 15) is 4.79 Å². The number of carbonyl (C=O) groups excluding carboxylic acids is 1. The Kier molecular flexibility index (Phi) is 5.33. The number of hydrogen-bond acceptors (Lipinski definition) is 3. The first-order valence-electron chi connectivity index (χ1n) is 4.54. The van der Waals surface area contributed by atoms with Crippen LogP contribution in [0.3, 0.4) is 0 Å². The molecule has 0 spiro atoms. The average molecular weight is 416 g/mol. The van der Waals surface area contributed by atoms with Gasteiger partial charge in [-0.1, -0.05) is 29.8 Å². The quantitative estimate of drug-likeness (QED) is 0.770. The highest BCUT2D eigenvalue weighted by Crippen LogP contribution is 2.21. The second kappa shape index (κ2) is 6.07. The summed E-state index contributed by atoms with van der Waals surface area (Å²) in [5.41, 5.74) is 0. The number of anilines is 1. The van der Waals surface area contributed by atoms with Crippen molar-refractivity contribution >= 4 is 59.5 Å². The zero-order valence-electron chi connectivity index (χ0n) is 8.67. The molecule has 0 radical (unpaired) electrons. The molecule has 1 heterocycles. The third-order valence-corrected chi connectivity index (χ3v) is 4.19. The molecule has 0 aromatic carbocycles. The predicted octanol–water partition coefficient (Wildman–Crippen LogP) is 3.36. The Labute approximate surface area is 119 Å². The van der Waals surface area contributed by atoms with Crippen LogP contribution in [-0.4, -0.2) is 20.7 Å². The summed E-state index contributed by atoms with van der Waals surface area (Å²) in [7, 11) is 0. The van der Waals surface area contributed by atoms with Crippen molar-refractivity contribution in [3.63, 3.8) is 0 Å². The van der Waals surface area contributed by atoms with Gasteiger partial charge in [-0.2, -0.15) is 0 Å². The van der Waals surface area contributed by atoms with Crippen molar-refractivity contribution in [3.05, 3.63) is 15.4 Å². The van der Waals surface area contributed by atoms with Gasteiger partial charge in [-0.15, -0.1) is 0 Å². The van der Waals surface area contributed by atoms with E-state index in [1.165, 1.54) is 6.20 Å².